The molecule has 0 amide bonds. The number of carbonyl (C=O) groups excluding carboxylic acids is 1. The van der Waals surface area contributed by atoms with E-state index in [2.05, 4.69) is 23.7 Å². The van der Waals surface area contributed by atoms with Crippen LogP contribution in [0.2, 0.25) is 0 Å². The Kier molecular flexibility index (Phi) is 5.81. The van der Waals surface area contributed by atoms with Crippen molar-refractivity contribution in [3.63, 3.8) is 0 Å². The maximum absolute atomic E-state index is 11.9. The summed E-state index contributed by atoms with van der Waals surface area (Å²) in [6, 6.07) is 7.99. The van der Waals surface area contributed by atoms with Crippen molar-refractivity contribution in [3.05, 3.63) is 36.0 Å². The molecule has 0 spiro atoms. The number of ether oxygens (including phenoxy) is 1. The first kappa shape index (κ1) is 15.6. The second-order valence-electron chi connectivity index (χ2n) is 5.14. The van der Waals surface area contributed by atoms with E-state index in [1.54, 1.807) is 0 Å². The summed E-state index contributed by atoms with van der Waals surface area (Å²) in [5.41, 5.74) is 2.06. The van der Waals surface area contributed by atoms with Crippen molar-refractivity contribution >= 4 is 16.9 Å². The first-order valence-electron chi connectivity index (χ1n) is 7.67. The lowest BCUT2D eigenvalue weighted by Gasteiger charge is -2.17. The molecule has 4 nitrogen and oxygen atoms in total. The molecule has 1 N–H and O–H groups in total. The van der Waals surface area contributed by atoms with Gasteiger partial charge in [0.25, 0.3) is 0 Å². The Morgan fingerprint density at radius 2 is 2.00 bits per heavy atom. The van der Waals surface area contributed by atoms with E-state index in [4.69, 9.17) is 4.74 Å². The number of fused-ring (bicyclic) bond motifs is 1. The summed E-state index contributed by atoms with van der Waals surface area (Å²) in [7, 11) is 0. The SMILES string of the molecule is CCN(CC)CCCOC(=O)Cc1c[nH]c2ccccc12. The minimum Gasteiger partial charge on any atom is -0.465 e. The molecule has 114 valence electrons. The standard InChI is InChI=1S/C17H24N2O2/c1-3-19(4-2)10-7-11-21-17(20)12-14-13-18-16-9-6-5-8-15(14)16/h5-6,8-9,13,18H,3-4,7,10-12H2,1-2H3. The molecule has 1 heterocycles. The van der Waals surface area contributed by atoms with E-state index in [1.807, 2.05) is 30.5 Å². The quantitative estimate of drug-likeness (QED) is 0.600. The second-order valence-corrected chi connectivity index (χ2v) is 5.14. The molecule has 0 atom stereocenters. The zero-order valence-electron chi connectivity index (χ0n) is 12.9. The molecule has 0 aliphatic rings. The minimum absolute atomic E-state index is 0.153. The number of aromatic amines is 1. The Balaban J connectivity index is 1.77. The van der Waals surface area contributed by atoms with Gasteiger partial charge in [-0.2, -0.15) is 0 Å². The monoisotopic (exact) mass is 288 g/mol. The van der Waals surface area contributed by atoms with Gasteiger partial charge in [0.2, 0.25) is 0 Å². The van der Waals surface area contributed by atoms with Crippen molar-refractivity contribution in [1.82, 2.24) is 9.88 Å². The molecular weight excluding hydrogens is 264 g/mol. The molecule has 0 radical (unpaired) electrons. The Bertz CT molecular complexity index is 573. The fourth-order valence-electron chi connectivity index (χ4n) is 2.50. The number of nitrogens with one attached hydrogen (secondary N) is 1. The molecule has 0 aliphatic heterocycles. The summed E-state index contributed by atoms with van der Waals surface area (Å²) in [5, 5.41) is 1.09. The molecule has 2 rings (SSSR count). The second kappa shape index (κ2) is 7.84. The lowest BCUT2D eigenvalue weighted by molar-refractivity contribution is -0.143. The van der Waals surface area contributed by atoms with Crippen LogP contribution in [0.25, 0.3) is 10.9 Å². The third kappa shape index (κ3) is 4.33. The zero-order chi connectivity index (χ0) is 15.1. The van der Waals surface area contributed by atoms with E-state index in [1.165, 1.54) is 0 Å². The highest BCUT2D eigenvalue weighted by Gasteiger charge is 2.09. The van der Waals surface area contributed by atoms with E-state index < -0.39 is 0 Å². The number of carbonyl (C=O) groups is 1. The van der Waals surface area contributed by atoms with Crippen LogP contribution in [0.5, 0.6) is 0 Å². The van der Waals surface area contributed by atoms with Crippen molar-refractivity contribution in [1.29, 1.82) is 0 Å². The zero-order valence-corrected chi connectivity index (χ0v) is 12.9. The van der Waals surface area contributed by atoms with Crippen LogP contribution in [-0.2, 0) is 16.0 Å². The summed E-state index contributed by atoms with van der Waals surface area (Å²) in [5.74, 6) is -0.153. The van der Waals surface area contributed by atoms with Crippen molar-refractivity contribution in [2.75, 3.05) is 26.2 Å². The number of hydrogen-bond acceptors (Lipinski definition) is 3. The van der Waals surface area contributed by atoms with E-state index >= 15 is 0 Å². The lowest BCUT2D eigenvalue weighted by atomic mass is 10.1. The summed E-state index contributed by atoms with van der Waals surface area (Å²) in [4.78, 5) is 17.4. The predicted molar refractivity (Wildman–Crippen MR) is 85.4 cm³/mol. The average Bonchev–Trinajstić information content (AvgIpc) is 2.91. The minimum atomic E-state index is -0.153. The number of aromatic nitrogens is 1. The smallest absolute Gasteiger partial charge is 0.310 e. The van der Waals surface area contributed by atoms with Crippen LogP contribution in [0.15, 0.2) is 30.5 Å². The fourth-order valence-corrected chi connectivity index (χ4v) is 2.50. The van der Waals surface area contributed by atoms with Gasteiger partial charge in [-0.3, -0.25) is 4.79 Å². The van der Waals surface area contributed by atoms with Gasteiger partial charge >= 0.3 is 5.97 Å². The molecule has 21 heavy (non-hydrogen) atoms. The van der Waals surface area contributed by atoms with Crippen LogP contribution in [0.3, 0.4) is 0 Å². The first-order chi connectivity index (χ1) is 10.2. The molecule has 0 bridgehead atoms. The maximum Gasteiger partial charge on any atom is 0.310 e. The van der Waals surface area contributed by atoms with Crippen LogP contribution in [0.4, 0.5) is 0 Å². The fraction of sp³-hybridized carbons (Fsp3) is 0.471. The summed E-state index contributed by atoms with van der Waals surface area (Å²) in [6.07, 6.45) is 3.11. The number of para-hydroxylation sites is 1. The first-order valence-corrected chi connectivity index (χ1v) is 7.67. The van der Waals surface area contributed by atoms with Gasteiger partial charge in [-0.15, -0.1) is 0 Å². The number of rotatable bonds is 8. The van der Waals surface area contributed by atoms with E-state index in [0.717, 1.165) is 42.5 Å². The normalized spacial score (nSPS) is 11.2. The van der Waals surface area contributed by atoms with Gasteiger partial charge in [0.05, 0.1) is 13.0 Å². The number of H-pyrrole nitrogens is 1. The van der Waals surface area contributed by atoms with Gasteiger partial charge in [0.1, 0.15) is 0 Å². The maximum atomic E-state index is 11.9. The van der Waals surface area contributed by atoms with E-state index in [0.29, 0.717) is 13.0 Å². The number of esters is 1. The molecule has 1 aromatic heterocycles. The van der Waals surface area contributed by atoms with Gasteiger partial charge in [0, 0.05) is 23.6 Å². The lowest BCUT2D eigenvalue weighted by Crippen LogP contribution is -2.25. The van der Waals surface area contributed by atoms with Crippen LogP contribution < -0.4 is 0 Å². The van der Waals surface area contributed by atoms with Crippen molar-refractivity contribution < 1.29 is 9.53 Å². The van der Waals surface area contributed by atoms with Crippen molar-refractivity contribution in [2.24, 2.45) is 0 Å². The molecular formula is C17H24N2O2. The Hall–Kier alpha value is -1.81. The third-order valence-electron chi connectivity index (χ3n) is 3.79. The van der Waals surface area contributed by atoms with Crippen LogP contribution in [0.1, 0.15) is 25.8 Å². The van der Waals surface area contributed by atoms with E-state index in [9.17, 15) is 4.79 Å². The molecule has 0 aliphatic carbocycles. The van der Waals surface area contributed by atoms with Gasteiger partial charge in [0.15, 0.2) is 0 Å². The van der Waals surface area contributed by atoms with Gasteiger partial charge in [-0.25, -0.2) is 0 Å². The molecule has 0 unspecified atom stereocenters. The molecule has 1 aromatic carbocycles. The largest absolute Gasteiger partial charge is 0.465 e. The van der Waals surface area contributed by atoms with Gasteiger partial charge < -0.3 is 14.6 Å². The Labute approximate surface area is 126 Å². The highest BCUT2D eigenvalue weighted by molar-refractivity contribution is 5.87. The average molecular weight is 288 g/mol. The van der Waals surface area contributed by atoms with Gasteiger partial charge in [-0.1, -0.05) is 32.0 Å². The molecule has 4 heteroatoms. The molecule has 0 saturated carbocycles. The van der Waals surface area contributed by atoms with Crippen molar-refractivity contribution in [2.45, 2.75) is 26.7 Å². The Morgan fingerprint density at radius 1 is 1.24 bits per heavy atom. The summed E-state index contributed by atoms with van der Waals surface area (Å²) < 4.78 is 5.32. The van der Waals surface area contributed by atoms with E-state index in [-0.39, 0.29) is 5.97 Å². The van der Waals surface area contributed by atoms with Crippen molar-refractivity contribution in [3.8, 4) is 0 Å². The highest BCUT2D eigenvalue weighted by Crippen LogP contribution is 2.18. The number of nitrogens with zero attached hydrogens (tertiary/aromatic N) is 1. The highest BCUT2D eigenvalue weighted by atomic mass is 16.5. The van der Waals surface area contributed by atoms with Gasteiger partial charge in [-0.05, 0) is 31.1 Å². The van der Waals surface area contributed by atoms with Crippen LogP contribution >= 0.6 is 0 Å². The predicted octanol–water partition coefficient (Wildman–Crippen LogP) is 2.99. The Morgan fingerprint density at radius 3 is 2.76 bits per heavy atom. The summed E-state index contributed by atoms with van der Waals surface area (Å²) >= 11 is 0. The molecule has 0 saturated heterocycles. The molecule has 0 fully saturated rings. The molecule has 2 aromatic rings. The number of hydrogen-bond donors (Lipinski definition) is 1. The topological polar surface area (TPSA) is 45.3 Å². The number of benzene rings is 1. The van der Waals surface area contributed by atoms with Crippen LogP contribution in [0, 0.1) is 0 Å². The third-order valence-corrected chi connectivity index (χ3v) is 3.79. The van der Waals surface area contributed by atoms with Crippen LogP contribution in [-0.4, -0.2) is 42.1 Å². The summed E-state index contributed by atoms with van der Waals surface area (Å²) in [6.45, 7) is 7.85.